The Kier molecular flexibility index (Phi) is 2.50. The minimum absolute atomic E-state index is 0.508. The van der Waals surface area contributed by atoms with E-state index >= 15 is 0 Å². The average Bonchev–Trinajstić information content (AvgIpc) is 2.28. The van der Waals surface area contributed by atoms with Crippen LogP contribution in [0, 0.1) is 6.92 Å². The highest BCUT2D eigenvalue weighted by molar-refractivity contribution is 5.86. The van der Waals surface area contributed by atoms with Crippen LogP contribution in [0.4, 0.5) is 0 Å². The predicted molar refractivity (Wildman–Crippen MR) is 61.2 cm³/mol. The van der Waals surface area contributed by atoms with Gasteiger partial charge in [0, 0.05) is 5.39 Å². The fourth-order valence-electron chi connectivity index (χ4n) is 1.75. The van der Waals surface area contributed by atoms with Crippen LogP contribution in [0.1, 0.15) is 28.5 Å². The molecular weight excluding hydrogens is 186 g/mol. The van der Waals surface area contributed by atoms with Crippen LogP contribution < -0.4 is 0 Å². The van der Waals surface area contributed by atoms with Crippen LogP contribution in [0.15, 0.2) is 24.3 Å². The Labute approximate surface area is 89.0 Å². The van der Waals surface area contributed by atoms with Gasteiger partial charge in [-0.3, -0.25) is 4.79 Å². The van der Waals surface area contributed by atoms with Gasteiger partial charge in [0.05, 0.1) is 5.52 Å². The highest BCUT2D eigenvalue weighted by Crippen LogP contribution is 2.19. The largest absolute Gasteiger partial charge is 0.296 e. The molecule has 0 aliphatic carbocycles. The molecule has 1 heterocycles. The summed E-state index contributed by atoms with van der Waals surface area (Å²) in [5.74, 6) is 0. The highest BCUT2D eigenvalue weighted by atomic mass is 16.1. The van der Waals surface area contributed by atoms with Gasteiger partial charge in [-0.1, -0.05) is 19.1 Å². The van der Waals surface area contributed by atoms with Crippen molar-refractivity contribution in [3.63, 3.8) is 0 Å². The van der Waals surface area contributed by atoms with E-state index in [1.165, 1.54) is 5.56 Å². The number of benzene rings is 1. The normalized spacial score (nSPS) is 10.5. The van der Waals surface area contributed by atoms with Gasteiger partial charge in [-0.2, -0.15) is 0 Å². The van der Waals surface area contributed by atoms with Crippen molar-refractivity contribution in [1.82, 2.24) is 4.98 Å². The first kappa shape index (κ1) is 9.84. The maximum atomic E-state index is 10.7. The highest BCUT2D eigenvalue weighted by Gasteiger charge is 2.02. The monoisotopic (exact) mass is 199 g/mol. The van der Waals surface area contributed by atoms with Crippen molar-refractivity contribution >= 4 is 17.2 Å². The van der Waals surface area contributed by atoms with Crippen LogP contribution in [-0.2, 0) is 6.42 Å². The Morgan fingerprint density at radius 3 is 2.80 bits per heavy atom. The number of hydrogen-bond acceptors (Lipinski definition) is 2. The molecule has 0 unspecified atom stereocenters. The molecule has 0 N–H and O–H groups in total. The number of aryl methyl sites for hydroxylation is 2. The van der Waals surface area contributed by atoms with E-state index in [0.717, 1.165) is 29.2 Å². The fourth-order valence-corrected chi connectivity index (χ4v) is 1.75. The molecule has 2 rings (SSSR count). The van der Waals surface area contributed by atoms with Crippen molar-refractivity contribution in [1.29, 1.82) is 0 Å². The Bertz CT molecular complexity index is 517. The second kappa shape index (κ2) is 3.81. The summed E-state index contributed by atoms with van der Waals surface area (Å²) in [7, 11) is 0. The summed E-state index contributed by atoms with van der Waals surface area (Å²) in [6.07, 6.45) is 1.78. The number of carbonyl (C=O) groups excluding carboxylic acids is 1. The average molecular weight is 199 g/mol. The minimum Gasteiger partial charge on any atom is -0.296 e. The third kappa shape index (κ3) is 1.75. The first-order valence-corrected chi connectivity index (χ1v) is 5.10. The van der Waals surface area contributed by atoms with Gasteiger partial charge in [-0.15, -0.1) is 0 Å². The molecular formula is C13H13NO. The van der Waals surface area contributed by atoms with E-state index < -0.39 is 0 Å². The van der Waals surface area contributed by atoms with E-state index in [2.05, 4.69) is 30.1 Å². The molecule has 0 spiro atoms. The van der Waals surface area contributed by atoms with Gasteiger partial charge >= 0.3 is 0 Å². The number of rotatable bonds is 2. The number of nitrogens with zero attached hydrogens (tertiary/aromatic N) is 1. The van der Waals surface area contributed by atoms with E-state index in [1.807, 2.05) is 13.0 Å². The molecule has 2 heteroatoms. The first-order chi connectivity index (χ1) is 7.24. The molecule has 1 aromatic heterocycles. The second-order valence-electron chi connectivity index (χ2n) is 3.69. The zero-order valence-corrected chi connectivity index (χ0v) is 8.95. The van der Waals surface area contributed by atoms with Crippen molar-refractivity contribution in [2.75, 3.05) is 0 Å². The number of aromatic nitrogens is 1. The summed E-state index contributed by atoms with van der Waals surface area (Å²) >= 11 is 0. The summed E-state index contributed by atoms with van der Waals surface area (Å²) < 4.78 is 0. The molecule has 0 saturated heterocycles. The molecule has 2 nitrogen and oxygen atoms in total. The van der Waals surface area contributed by atoms with Crippen LogP contribution in [0.2, 0.25) is 0 Å². The predicted octanol–water partition coefficient (Wildman–Crippen LogP) is 2.92. The quantitative estimate of drug-likeness (QED) is 0.696. The summed E-state index contributed by atoms with van der Waals surface area (Å²) in [5, 5.41) is 1.12. The van der Waals surface area contributed by atoms with Gasteiger partial charge in [0.2, 0.25) is 0 Å². The molecule has 0 saturated carbocycles. The van der Waals surface area contributed by atoms with Crippen LogP contribution in [-0.4, -0.2) is 11.3 Å². The summed E-state index contributed by atoms with van der Waals surface area (Å²) in [6.45, 7) is 4.11. The third-order valence-corrected chi connectivity index (χ3v) is 2.63. The van der Waals surface area contributed by atoms with E-state index in [4.69, 9.17) is 0 Å². The van der Waals surface area contributed by atoms with E-state index in [-0.39, 0.29) is 0 Å². The second-order valence-corrected chi connectivity index (χ2v) is 3.69. The van der Waals surface area contributed by atoms with Gasteiger partial charge in [-0.05, 0) is 36.6 Å². The van der Waals surface area contributed by atoms with Crippen molar-refractivity contribution < 1.29 is 4.79 Å². The van der Waals surface area contributed by atoms with Crippen LogP contribution in [0.5, 0.6) is 0 Å². The Morgan fingerprint density at radius 1 is 1.33 bits per heavy atom. The number of carbonyl (C=O) groups is 1. The molecule has 0 radical (unpaired) electrons. The topological polar surface area (TPSA) is 30.0 Å². The number of pyridine rings is 1. The Balaban J connectivity index is 2.74. The van der Waals surface area contributed by atoms with Crippen molar-refractivity contribution in [2.24, 2.45) is 0 Å². The van der Waals surface area contributed by atoms with Gasteiger partial charge in [0.25, 0.3) is 0 Å². The number of fused-ring (bicyclic) bond motifs is 1. The standard InChI is InChI=1S/C13H13NO/c1-3-10-4-5-12-9(2)6-11(8-15)14-13(12)7-10/h4-8H,3H2,1-2H3. The lowest BCUT2D eigenvalue weighted by atomic mass is 10.1. The van der Waals surface area contributed by atoms with Gasteiger partial charge in [-0.25, -0.2) is 4.98 Å². The molecule has 0 atom stereocenters. The minimum atomic E-state index is 0.508. The molecule has 76 valence electrons. The fraction of sp³-hybridized carbons (Fsp3) is 0.231. The van der Waals surface area contributed by atoms with Crippen molar-refractivity contribution in [3.8, 4) is 0 Å². The summed E-state index contributed by atoms with van der Waals surface area (Å²) in [6, 6.07) is 8.05. The van der Waals surface area contributed by atoms with E-state index in [9.17, 15) is 4.79 Å². The van der Waals surface area contributed by atoms with Gasteiger partial charge < -0.3 is 0 Å². The zero-order valence-electron chi connectivity index (χ0n) is 8.95. The van der Waals surface area contributed by atoms with E-state index in [0.29, 0.717) is 5.69 Å². The molecule has 0 aliphatic rings. The summed E-state index contributed by atoms with van der Waals surface area (Å²) in [5.41, 5.74) is 3.77. The lowest BCUT2D eigenvalue weighted by molar-refractivity contribution is 0.111. The SMILES string of the molecule is CCc1ccc2c(C)cc(C=O)nc2c1. The molecule has 2 aromatic rings. The lowest BCUT2D eigenvalue weighted by Crippen LogP contribution is -1.92. The first-order valence-electron chi connectivity index (χ1n) is 5.10. The van der Waals surface area contributed by atoms with Gasteiger partial charge in [0.1, 0.15) is 5.69 Å². The van der Waals surface area contributed by atoms with Crippen LogP contribution in [0.25, 0.3) is 10.9 Å². The molecule has 0 amide bonds. The van der Waals surface area contributed by atoms with E-state index in [1.54, 1.807) is 0 Å². The molecule has 1 aromatic carbocycles. The molecule has 0 aliphatic heterocycles. The maximum absolute atomic E-state index is 10.7. The maximum Gasteiger partial charge on any atom is 0.168 e. The Hall–Kier alpha value is -1.70. The zero-order chi connectivity index (χ0) is 10.8. The van der Waals surface area contributed by atoms with Crippen molar-refractivity contribution in [3.05, 3.63) is 41.1 Å². The summed E-state index contributed by atoms with van der Waals surface area (Å²) in [4.78, 5) is 15.0. The van der Waals surface area contributed by atoms with Crippen molar-refractivity contribution in [2.45, 2.75) is 20.3 Å². The molecule has 0 bridgehead atoms. The lowest BCUT2D eigenvalue weighted by Gasteiger charge is -2.04. The number of hydrogen-bond donors (Lipinski definition) is 0. The molecule has 15 heavy (non-hydrogen) atoms. The smallest absolute Gasteiger partial charge is 0.168 e. The van der Waals surface area contributed by atoms with Gasteiger partial charge in [0.15, 0.2) is 6.29 Å². The molecule has 0 fully saturated rings. The third-order valence-electron chi connectivity index (χ3n) is 2.63. The van der Waals surface area contributed by atoms with Crippen LogP contribution >= 0.6 is 0 Å². The number of aldehydes is 1. The Morgan fingerprint density at radius 2 is 2.13 bits per heavy atom. The van der Waals surface area contributed by atoms with Crippen LogP contribution in [0.3, 0.4) is 0 Å².